The number of hydrogen-bond acceptors (Lipinski definition) is 3. The van der Waals surface area contributed by atoms with E-state index in [0.29, 0.717) is 28.6 Å². The first-order chi connectivity index (χ1) is 12.1. The standard InChI is InChI=1S/C19H15ClFN3O/c20-17-4-2-1-3-16(17)19(25)24-15-9-10-18(23-12-15)22-11-13-5-7-14(21)8-6-13/h1-10,12H,11H2,(H,22,23)(H,24,25). The summed E-state index contributed by atoms with van der Waals surface area (Å²) in [5, 5.41) is 6.28. The van der Waals surface area contributed by atoms with E-state index >= 15 is 0 Å². The molecule has 1 heterocycles. The molecule has 0 aliphatic carbocycles. The minimum Gasteiger partial charge on any atom is -0.366 e. The fourth-order valence-electron chi connectivity index (χ4n) is 2.21. The Morgan fingerprint density at radius 1 is 1.04 bits per heavy atom. The highest BCUT2D eigenvalue weighted by atomic mass is 35.5. The van der Waals surface area contributed by atoms with E-state index in [-0.39, 0.29) is 11.7 Å². The zero-order valence-corrected chi connectivity index (χ0v) is 13.9. The van der Waals surface area contributed by atoms with Gasteiger partial charge in [0.1, 0.15) is 11.6 Å². The third-order valence-electron chi connectivity index (χ3n) is 3.53. The van der Waals surface area contributed by atoms with Gasteiger partial charge >= 0.3 is 0 Å². The summed E-state index contributed by atoms with van der Waals surface area (Å²) in [6, 6.07) is 16.6. The number of amides is 1. The van der Waals surface area contributed by atoms with E-state index < -0.39 is 0 Å². The number of hydrogen-bond donors (Lipinski definition) is 2. The summed E-state index contributed by atoms with van der Waals surface area (Å²) in [6.45, 7) is 0.526. The van der Waals surface area contributed by atoms with Crippen LogP contribution in [0.15, 0.2) is 66.9 Å². The van der Waals surface area contributed by atoms with Crippen molar-refractivity contribution in [2.45, 2.75) is 6.54 Å². The summed E-state index contributed by atoms with van der Waals surface area (Å²) in [5.74, 6) is 0.0972. The van der Waals surface area contributed by atoms with Gasteiger partial charge in [-0.15, -0.1) is 0 Å². The molecular weight excluding hydrogens is 341 g/mol. The van der Waals surface area contributed by atoms with Crippen molar-refractivity contribution in [1.82, 2.24) is 4.98 Å². The van der Waals surface area contributed by atoms with Gasteiger partial charge in [0, 0.05) is 6.54 Å². The van der Waals surface area contributed by atoms with Crippen LogP contribution in [-0.4, -0.2) is 10.9 Å². The summed E-state index contributed by atoms with van der Waals surface area (Å²) in [6.07, 6.45) is 1.56. The molecule has 0 radical (unpaired) electrons. The molecule has 4 nitrogen and oxygen atoms in total. The van der Waals surface area contributed by atoms with Crippen LogP contribution in [0.4, 0.5) is 15.9 Å². The van der Waals surface area contributed by atoms with Gasteiger partial charge in [-0.25, -0.2) is 9.37 Å². The maximum Gasteiger partial charge on any atom is 0.257 e. The number of carbonyl (C=O) groups is 1. The van der Waals surface area contributed by atoms with Crippen LogP contribution < -0.4 is 10.6 Å². The highest BCUT2D eigenvalue weighted by Gasteiger charge is 2.09. The Balaban J connectivity index is 1.59. The van der Waals surface area contributed by atoms with Crippen LogP contribution >= 0.6 is 11.6 Å². The molecule has 0 unspecified atom stereocenters. The zero-order chi connectivity index (χ0) is 17.6. The topological polar surface area (TPSA) is 54.0 Å². The van der Waals surface area contributed by atoms with E-state index in [0.717, 1.165) is 5.56 Å². The van der Waals surface area contributed by atoms with Crippen LogP contribution in [0.1, 0.15) is 15.9 Å². The van der Waals surface area contributed by atoms with Crippen LogP contribution in [0.2, 0.25) is 5.02 Å². The van der Waals surface area contributed by atoms with Crippen LogP contribution in [0.5, 0.6) is 0 Å². The summed E-state index contributed by atoms with van der Waals surface area (Å²) in [4.78, 5) is 16.4. The highest BCUT2D eigenvalue weighted by Crippen LogP contribution is 2.17. The van der Waals surface area contributed by atoms with E-state index in [1.165, 1.54) is 12.1 Å². The molecule has 1 amide bonds. The van der Waals surface area contributed by atoms with E-state index in [4.69, 9.17) is 11.6 Å². The van der Waals surface area contributed by atoms with Crippen molar-refractivity contribution in [3.63, 3.8) is 0 Å². The molecule has 2 N–H and O–H groups in total. The molecule has 3 aromatic rings. The van der Waals surface area contributed by atoms with Crippen LogP contribution in [-0.2, 0) is 6.54 Å². The Labute approximate surface area is 149 Å². The molecule has 0 bridgehead atoms. The summed E-state index contributed by atoms with van der Waals surface area (Å²) in [5.41, 5.74) is 1.92. The van der Waals surface area contributed by atoms with E-state index in [1.54, 1.807) is 54.7 Å². The van der Waals surface area contributed by atoms with Gasteiger partial charge in [-0.1, -0.05) is 35.9 Å². The Morgan fingerprint density at radius 2 is 1.80 bits per heavy atom. The lowest BCUT2D eigenvalue weighted by atomic mass is 10.2. The normalized spacial score (nSPS) is 10.3. The van der Waals surface area contributed by atoms with Crippen molar-refractivity contribution < 1.29 is 9.18 Å². The summed E-state index contributed by atoms with van der Waals surface area (Å²) in [7, 11) is 0. The number of carbonyl (C=O) groups excluding carboxylic acids is 1. The van der Waals surface area contributed by atoms with Gasteiger partial charge in [0.05, 0.1) is 22.5 Å². The summed E-state index contributed by atoms with van der Waals surface area (Å²) >= 11 is 6.01. The summed E-state index contributed by atoms with van der Waals surface area (Å²) < 4.78 is 12.9. The fourth-order valence-corrected chi connectivity index (χ4v) is 2.43. The third kappa shape index (κ3) is 4.55. The van der Waals surface area contributed by atoms with Gasteiger partial charge in [-0.05, 0) is 42.0 Å². The van der Waals surface area contributed by atoms with Crippen LogP contribution in [0, 0.1) is 5.82 Å². The van der Waals surface area contributed by atoms with Crippen molar-refractivity contribution in [1.29, 1.82) is 0 Å². The fraction of sp³-hybridized carbons (Fsp3) is 0.0526. The van der Waals surface area contributed by atoms with Gasteiger partial charge in [0.2, 0.25) is 0 Å². The number of nitrogens with zero attached hydrogens (tertiary/aromatic N) is 1. The average molecular weight is 356 g/mol. The van der Waals surface area contributed by atoms with Crippen LogP contribution in [0.25, 0.3) is 0 Å². The first kappa shape index (κ1) is 16.9. The minimum atomic E-state index is -0.292. The number of pyridine rings is 1. The van der Waals surface area contributed by atoms with Gasteiger partial charge in [-0.3, -0.25) is 4.79 Å². The molecule has 0 saturated heterocycles. The largest absolute Gasteiger partial charge is 0.366 e. The average Bonchev–Trinajstić information content (AvgIpc) is 2.63. The number of aromatic nitrogens is 1. The highest BCUT2D eigenvalue weighted by molar-refractivity contribution is 6.34. The molecule has 6 heteroatoms. The number of benzene rings is 2. The predicted molar refractivity (Wildman–Crippen MR) is 97.4 cm³/mol. The first-order valence-electron chi connectivity index (χ1n) is 7.62. The van der Waals surface area contributed by atoms with Gasteiger partial charge in [0.25, 0.3) is 5.91 Å². The quantitative estimate of drug-likeness (QED) is 0.695. The SMILES string of the molecule is O=C(Nc1ccc(NCc2ccc(F)cc2)nc1)c1ccccc1Cl. The van der Waals surface area contributed by atoms with Gasteiger partial charge in [0.15, 0.2) is 0 Å². The second-order valence-electron chi connectivity index (χ2n) is 5.35. The minimum absolute atomic E-state index is 0.263. The Kier molecular flexibility index (Phi) is 5.26. The molecule has 0 spiro atoms. The second-order valence-corrected chi connectivity index (χ2v) is 5.75. The van der Waals surface area contributed by atoms with E-state index in [1.807, 2.05) is 0 Å². The monoisotopic (exact) mass is 355 g/mol. The molecule has 1 aromatic heterocycles. The Morgan fingerprint density at radius 3 is 2.48 bits per heavy atom. The lowest BCUT2D eigenvalue weighted by molar-refractivity contribution is 0.102. The molecule has 2 aromatic carbocycles. The molecule has 0 fully saturated rings. The van der Waals surface area contributed by atoms with Crippen molar-refractivity contribution in [2.24, 2.45) is 0 Å². The molecule has 126 valence electrons. The maximum absolute atomic E-state index is 12.9. The van der Waals surface area contributed by atoms with Crippen LogP contribution in [0.3, 0.4) is 0 Å². The molecule has 0 aliphatic rings. The molecule has 0 aliphatic heterocycles. The number of rotatable bonds is 5. The lowest BCUT2D eigenvalue weighted by Gasteiger charge is -2.09. The molecular formula is C19H15ClFN3O. The van der Waals surface area contributed by atoms with Crippen molar-refractivity contribution in [2.75, 3.05) is 10.6 Å². The first-order valence-corrected chi connectivity index (χ1v) is 8.00. The number of anilines is 2. The smallest absolute Gasteiger partial charge is 0.257 e. The predicted octanol–water partition coefficient (Wildman–Crippen LogP) is 4.74. The zero-order valence-electron chi connectivity index (χ0n) is 13.2. The third-order valence-corrected chi connectivity index (χ3v) is 3.86. The Hall–Kier alpha value is -2.92. The molecule has 25 heavy (non-hydrogen) atoms. The second kappa shape index (κ2) is 7.77. The lowest BCUT2D eigenvalue weighted by Crippen LogP contribution is -2.12. The molecule has 0 saturated carbocycles. The van der Waals surface area contributed by atoms with Crippen molar-refractivity contribution in [3.8, 4) is 0 Å². The van der Waals surface area contributed by atoms with Crippen molar-refractivity contribution in [3.05, 3.63) is 88.8 Å². The van der Waals surface area contributed by atoms with Crippen molar-refractivity contribution >= 4 is 29.0 Å². The van der Waals surface area contributed by atoms with Gasteiger partial charge in [-0.2, -0.15) is 0 Å². The molecule has 3 rings (SSSR count). The molecule has 0 atom stereocenters. The Bertz CT molecular complexity index is 867. The van der Waals surface area contributed by atoms with E-state index in [9.17, 15) is 9.18 Å². The number of halogens is 2. The van der Waals surface area contributed by atoms with Gasteiger partial charge < -0.3 is 10.6 Å². The maximum atomic E-state index is 12.9. The number of nitrogens with one attached hydrogen (secondary N) is 2. The van der Waals surface area contributed by atoms with E-state index in [2.05, 4.69) is 15.6 Å².